The van der Waals surface area contributed by atoms with Gasteiger partial charge in [-0.05, 0) is 30.7 Å². The van der Waals surface area contributed by atoms with Crippen molar-refractivity contribution >= 4 is 27.3 Å². The molecule has 0 aliphatic heterocycles. The van der Waals surface area contributed by atoms with Gasteiger partial charge in [0.25, 0.3) is 5.69 Å². The van der Waals surface area contributed by atoms with Gasteiger partial charge in [0.05, 0.1) is 10.6 Å². The van der Waals surface area contributed by atoms with Crippen LogP contribution in [0.3, 0.4) is 0 Å². The van der Waals surface area contributed by atoms with Gasteiger partial charge in [-0.1, -0.05) is 28.1 Å². The topological polar surface area (TPSA) is 55.2 Å². The maximum Gasteiger partial charge on any atom is 0.271 e. The minimum absolute atomic E-state index is 0.117. The number of nitro groups is 1. The molecule has 1 unspecified atom stereocenters. The number of rotatable bonds is 4. The molecule has 4 nitrogen and oxygen atoms in total. The molecule has 0 saturated heterocycles. The molecule has 0 aromatic heterocycles. The van der Waals surface area contributed by atoms with E-state index in [2.05, 4.69) is 21.2 Å². The van der Waals surface area contributed by atoms with Crippen LogP contribution in [0.2, 0.25) is 0 Å². The molecule has 2 rings (SSSR count). The first-order valence-corrected chi connectivity index (χ1v) is 6.72. The van der Waals surface area contributed by atoms with Crippen LogP contribution in [0.1, 0.15) is 18.5 Å². The van der Waals surface area contributed by atoms with Gasteiger partial charge in [0.2, 0.25) is 0 Å². The number of halogens is 2. The summed E-state index contributed by atoms with van der Waals surface area (Å²) in [5.74, 6) is -0.516. The number of hydrogen-bond acceptors (Lipinski definition) is 3. The molecule has 0 fully saturated rings. The Bertz CT molecular complexity index is 649. The molecule has 0 aliphatic rings. The summed E-state index contributed by atoms with van der Waals surface area (Å²) in [5, 5.41) is 13.7. The zero-order chi connectivity index (χ0) is 14.7. The Morgan fingerprint density at radius 2 is 2.05 bits per heavy atom. The van der Waals surface area contributed by atoms with Crippen LogP contribution in [0, 0.1) is 15.9 Å². The van der Waals surface area contributed by atoms with E-state index in [4.69, 9.17) is 0 Å². The number of anilines is 1. The van der Waals surface area contributed by atoms with Crippen molar-refractivity contribution in [1.29, 1.82) is 0 Å². The van der Waals surface area contributed by atoms with Crippen molar-refractivity contribution in [1.82, 2.24) is 0 Å². The smallest absolute Gasteiger partial charge is 0.271 e. The van der Waals surface area contributed by atoms with E-state index in [-0.39, 0.29) is 17.4 Å². The van der Waals surface area contributed by atoms with Crippen molar-refractivity contribution in [2.24, 2.45) is 0 Å². The maximum atomic E-state index is 13.7. The molecule has 2 aromatic rings. The van der Waals surface area contributed by atoms with E-state index in [9.17, 15) is 14.5 Å². The third-order valence-electron chi connectivity index (χ3n) is 2.88. The van der Waals surface area contributed by atoms with Crippen molar-refractivity contribution in [2.75, 3.05) is 5.32 Å². The van der Waals surface area contributed by atoms with Crippen LogP contribution in [0.15, 0.2) is 46.9 Å². The third kappa shape index (κ3) is 3.33. The summed E-state index contributed by atoms with van der Waals surface area (Å²) in [7, 11) is 0. The summed E-state index contributed by atoms with van der Waals surface area (Å²) in [6.07, 6.45) is 0. The highest BCUT2D eigenvalue weighted by atomic mass is 79.9. The van der Waals surface area contributed by atoms with E-state index >= 15 is 0 Å². The Morgan fingerprint density at radius 3 is 2.70 bits per heavy atom. The average molecular weight is 339 g/mol. The number of nitrogens with zero attached hydrogens (tertiary/aromatic N) is 1. The summed E-state index contributed by atoms with van der Waals surface area (Å²) >= 11 is 3.37. The molecule has 2 aromatic carbocycles. The predicted molar refractivity (Wildman–Crippen MR) is 79.2 cm³/mol. The van der Waals surface area contributed by atoms with Crippen LogP contribution in [-0.2, 0) is 0 Å². The zero-order valence-corrected chi connectivity index (χ0v) is 12.2. The van der Waals surface area contributed by atoms with Gasteiger partial charge in [0, 0.05) is 22.6 Å². The van der Waals surface area contributed by atoms with Crippen LogP contribution >= 0.6 is 15.9 Å². The van der Waals surface area contributed by atoms with Gasteiger partial charge in [0.1, 0.15) is 5.82 Å². The van der Waals surface area contributed by atoms with Crippen LogP contribution in [-0.4, -0.2) is 4.92 Å². The molecule has 0 bridgehead atoms. The first kappa shape index (κ1) is 14.5. The SMILES string of the molecule is CC(Nc1cc([N+](=O)[O-])ccc1F)c1cccc(Br)c1. The summed E-state index contributed by atoms with van der Waals surface area (Å²) in [4.78, 5) is 10.2. The van der Waals surface area contributed by atoms with Crippen molar-refractivity contribution in [3.8, 4) is 0 Å². The molecular formula is C14H12BrFN2O2. The second kappa shape index (κ2) is 6.00. The lowest BCUT2D eigenvalue weighted by atomic mass is 10.1. The lowest BCUT2D eigenvalue weighted by molar-refractivity contribution is -0.384. The average Bonchev–Trinajstić information content (AvgIpc) is 2.41. The highest BCUT2D eigenvalue weighted by Crippen LogP contribution is 2.26. The number of benzene rings is 2. The van der Waals surface area contributed by atoms with Crippen molar-refractivity contribution in [2.45, 2.75) is 13.0 Å². The highest BCUT2D eigenvalue weighted by molar-refractivity contribution is 9.10. The van der Waals surface area contributed by atoms with Gasteiger partial charge in [-0.15, -0.1) is 0 Å². The molecule has 0 radical (unpaired) electrons. The van der Waals surface area contributed by atoms with Gasteiger partial charge in [0.15, 0.2) is 0 Å². The Morgan fingerprint density at radius 1 is 1.30 bits per heavy atom. The van der Waals surface area contributed by atoms with Gasteiger partial charge < -0.3 is 5.32 Å². The van der Waals surface area contributed by atoms with Crippen LogP contribution in [0.25, 0.3) is 0 Å². The lowest BCUT2D eigenvalue weighted by Crippen LogP contribution is -2.08. The highest BCUT2D eigenvalue weighted by Gasteiger charge is 2.13. The van der Waals surface area contributed by atoms with E-state index in [0.29, 0.717) is 0 Å². The molecule has 0 saturated carbocycles. The molecule has 20 heavy (non-hydrogen) atoms. The molecule has 0 spiro atoms. The summed E-state index contributed by atoms with van der Waals surface area (Å²) in [6.45, 7) is 1.86. The molecule has 104 valence electrons. The normalized spacial score (nSPS) is 11.9. The Balaban J connectivity index is 2.25. The predicted octanol–water partition coefficient (Wildman–Crippen LogP) is 4.67. The van der Waals surface area contributed by atoms with Crippen LogP contribution in [0.5, 0.6) is 0 Å². The summed E-state index contributed by atoms with van der Waals surface area (Å²) in [6, 6.07) is 10.8. The summed E-state index contributed by atoms with van der Waals surface area (Å²) in [5.41, 5.74) is 0.923. The van der Waals surface area contributed by atoms with Gasteiger partial charge in [-0.25, -0.2) is 4.39 Å². The second-order valence-corrected chi connectivity index (χ2v) is 5.26. The largest absolute Gasteiger partial charge is 0.376 e. The molecule has 1 atom stereocenters. The van der Waals surface area contributed by atoms with Crippen molar-refractivity contribution in [3.63, 3.8) is 0 Å². The fraction of sp³-hybridized carbons (Fsp3) is 0.143. The standard InChI is InChI=1S/C14H12BrFN2O2/c1-9(10-3-2-4-11(15)7-10)17-14-8-12(18(19)20)5-6-13(14)16/h2-9,17H,1H3. The Hall–Kier alpha value is -1.95. The Labute approximate surface area is 123 Å². The third-order valence-corrected chi connectivity index (χ3v) is 3.37. The maximum absolute atomic E-state index is 13.7. The molecule has 0 aliphatic carbocycles. The zero-order valence-electron chi connectivity index (χ0n) is 10.6. The number of hydrogen-bond donors (Lipinski definition) is 1. The first-order valence-electron chi connectivity index (χ1n) is 5.93. The summed E-state index contributed by atoms with van der Waals surface area (Å²) < 4.78 is 14.6. The van der Waals surface area contributed by atoms with E-state index < -0.39 is 10.7 Å². The van der Waals surface area contributed by atoms with Crippen LogP contribution < -0.4 is 5.32 Å². The first-order chi connectivity index (χ1) is 9.47. The quantitative estimate of drug-likeness (QED) is 0.651. The second-order valence-electron chi connectivity index (χ2n) is 4.34. The van der Waals surface area contributed by atoms with Crippen molar-refractivity contribution < 1.29 is 9.31 Å². The molecule has 6 heteroatoms. The molecule has 0 amide bonds. The number of nitro benzene ring substituents is 1. The van der Waals surface area contributed by atoms with Crippen molar-refractivity contribution in [3.05, 3.63) is 68.4 Å². The molecule has 0 heterocycles. The van der Waals surface area contributed by atoms with E-state index in [1.165, 1.54) is 6.07 Å². The van der Waals surface area contributed by atoms with Gasteiger partial charge >= 0.3 is 0 Å². The van der Waals surface area contributed by atoms with Gasteiger partial charge in [-0.2, -0.15) is 0 Å². The minimum atomic E-state index is -0.547. The lowest BCUT2D eigenvalue weighted by Gasteiger charge is -2.16. The molecular weight excluding hydrogens is 327 g/mol. The minimum Gasteiger partial charge on any atom is -0.376 e. The molecule has 1 N–H and O–H groups in total. The number of non-ortho nitro benzene ring substituents is 1. The van der Waals surface area contributed by atoms with E-state index in [1.54, 1.807) is 0 Å². The van der Waals surface area contributed by atoms with Gasteiger partial charge in [-0.3, -0.25) is 10.1 Å². The van der Waals surface area contributed by atoms with Crippen LogP contribution in [0.4, 0.5) is 15.8 Å². The van der Waals surface area contributed by atoms with E-state index in [1.807, 2.05) is 31.2 Å². The fourth-order valence-corrected chi connectivity index (χ4v) is 2.25. The monoisotopic (exact) mass is 338 g/mol. The Kier molecular flexibility index (Phi) is 4.34. The fourth-order valence-electron chi connectivity index (χ4n) is 1.83. The number of nitrogens with one attached hydrogen (secondary N) is 1. The van der Waals surface area contributed by atoms with E-state index in [0.717, 1.165) is 22.2 Å².